The van der Waals surface area contributed by atoms with Crippen LogP contribution in [0.1, 0.15) is 40.0 Å². The van der Waals surface area contributed by atoms with Crippen molar-refractivity contribution in [1.29, 1.82) is 0 Å². The van der Waals surface area contributed by atoms with Crippen molar-refractivity contribution >= 4 is 11.6 Å². The Bertz CT molecular complexity index is 102. The van der Waals surface area contributed by atoms with Gasteiger partial charge in [-0.15, -0.1) is 11.6 Å². The highest BCUT2D eigenvalue weighted by molar-refractivity contribution is 6.18. The predicted octanol–water partition coefficient (Wildman–Crippen LogP) is 3.03. The Balaban J connectivity index is 3.19. The summed E-state index contributed by atoms with van der Waals surface area (Å²) in [6.07, 6.45) is 3.91. The van der Waals surface area contributed by atoms with Crippen LogP contribution in [0.25, 0.3) is 0 Å². The zero-order valence-corrected chi connectivity index (χ0v) is 9.38. The van der Waals surface area contributed by atoms with Gasteiger partial charge in [0.05, 0.1) is 0 Å². The summed E-state index contributed by atoms with van der Waals surface area (Å²) < 4.78 is 0. The molecule has 0 spiro atoms. The van der Waals surface area contributed by atoms with Crippen LogP contribution in [0.4, 0.5) is 0 Å². The van der Waals surface area contributed by atoms with Gasteiger partial charge in [0.25, 0.3) is 0 Å². The van der Waals surface area contributed by atoms with E-state index in [1.165, 1.54) is 19.3 Å². The molecule has 12 heavy (non-hydrogen) atoms. The van der Waals surface area contributed by atoms with E-state index in [4.69, 9.17) is 11.6 Å². The van der Waals surface area contributed by atoms with Crippen molar-refractivity contribution in [2.24, 2.45) is 5.41 Å². The molecule has 0 radical (unpaired) electrons. The van der Waals surface area contributed by atoms with Crippen molar-refractivity contribution in [3.05, 3.63) is 0 Å². The Kier molecular flexibility index (Phi) is 6.87. The Labute approximate surface area is 81.9 Å². The van der Waals surface area contributed by atoms with E-state index in [0.717, 1.165) is 19.0 Å². The summed E-state index contributed by atoms with van der Waals surface area (Å²) in [6.45, 7) is 8.76. The molecule has 0 heterocycles. The van der Waals surface area contributed by atoms with E-state index >= 15 is 0 Å². The lowest BCUT2D eigenvalue weighted by Gasteiger charge is -2.21. The Hall–Kier alpha value is 0.250. The van der Waals surface area contributed by atoms with E-state index in [1.807, 2.05) is 0 Å². The van der Waals surface area contributed by atoms with E-state index in [2.05, 4.69) is 26.1 Å². The van der Waals surface area contributed by atoms with Crippen molar-refractivity contribution < 1.29 is 0 Å². The van der Waals surface area contributed by atoms with Crippen LogP contribution in [-0.4, -0.2) is 19.0 Å². The molecule has 0 unspecified atom stereocenters. The van der Waals surface area contributed by atoms with Gasteiger partial charge in [-0.05, 0) is 18.4 Å². The monoisotopic (exact) mass is 191 g/mol. The summed E-state index contributed by atoms with van der Waals surface area (Å²) in [6, 6.07) is 0. The van der Waals surface area contributed by atoms with E-state index < -0.39 is 0 Å². The van der Waals surface area contributed by atoms with Crippen LogP contribution in [0.3, 0.4) is 0 Å². The number of nitrogens with one attached hydrogen (secondary N) is 1. The predicted molar refractivity (Wildman–Crippen MR) is 56.9 cm³/mol. The Morgan fingerprint density at radius 3 is 2.42 bits per heavy atom. The maximum Gasteiger partial charge on any atom is 0.0286 e. The first-order valence-corrected chi connectivity index (χ1v) is 5.42. The molecule has 1 N–H and O–H groups in total. The second-order valence-electron chi connectivity index (χ2n) is 4.18. The third-order valence-corrected chi connectivity index (χ3v) is 2.65. The molecule has 0 saturated carbocycles. The van der Waals surface area contributed by atoms with Crippen LogP contribution < -0.4 is 5.32 Å². The van der Waals surface area contributed by atoms with Gasteiger partial charge in [0.15, 0.2) is 0 Å². The smallest absolute Gasteiger partial charge is 0.0286 e. The summed E-state index contributed by atoms with van der Waals surface area (Å²) in [5, 5.41) is 3.43. The first kappa shape index (κ1) is 12.2. The second-order valence-corrected chi connectivity index (χ2v) is 4.45. The highest BCUT2D eigenvalue weighted by Gasteiger charge is 2.14. The van der Waals surface area contributed by atoms with E-state index in [0.29, 0.717) is 0 Å². The van der Waals surface area contributed by atoms with Crippen LogP contribution in [0, 0.1) is 5.41 Å². The quantitative estimate of drug-likeness (QED) is 0.482. The molecule has 74 valence electrons. The maximum atomic E-state index is 5.79. The second kappa shape index (κ2) is 6.73. The van der Waals surface area contributed by atoms with Gasteiger partial charge in [-0.2, -0.15) is 0 Å². The topological polar surface area (TPSA) is 12.0 Å². The first-order valence-electron chi connectivity index (χ1n) is 4.89. The molecule has 0 rings (SSSR count). The lowest BCUT2D eigenvalue weighted by Crippen LogP contribution is -2.31. The van der Waals surface area contributed by atoms with Crippen molar-refractivity contribution in [2.45, 2.75) is 40.0 Å². The highest BCUT2D eigenvalue weighted by Crippen LogP contribution is 2.14. The van der Waals surface area contributed by atoms with Crippen LogP contribution in [-0.2, 0) is 0 Å². The van der Waals surface area contributed by atoms with Crippen LogP contribution >= 0.6 is 11.6 Å². The van der Waals surface area contributed by atoms with Gasteiger partial charge in [-0.1, -0.05) is 33.6 Å². The zero-order chi connectivity index (χ0) is 9.45. The van der Waals surface area contributed by atoms with Gasteiger partial charge in [0.2, 0.25) is 0 Å². The molecule has 0 aromatic heterocycles. The molecule has 1 nitrogen and oxygen atoms in total. The average Bonchev–Trinajstić information content (AvgIpc) is 2.04. The van der Waals surface area contributed by atoms with Crippen molar-refractivity contribution in [1.82, 2.24) is 5.32 Å². The summed E-state index contributed by atoms with van der Waals surface area (Å²) in [4.78, 5) is 0. The molecule has 0 saturated heterocycles. The number of alkyl halides is 1. The number of halogens is 1. The molecule has 2 heteroatoms. The van der Waals surface area contributed by atoms with Crippen LogP contribution in [0.2, 0.25) is 0 Å². The number of hydrogen-bond donors (Lipinski definition) is 1. The molecule has 0 amide bonds. The molecule has 0 aliphatic rings. The highest BCUT2D eigenvalue weighted by atomic mass is 35.5. The lowest BCUT2D eigenvalue weighted by molar-refractivity contribution is 0.383. The first-order chi connectivity index (χ1) is 5.62. The molecule has 0 atom stereocenters. The summed E-state index contributed by atoms with van der Waals surface area (Å²) in [5.74, 6) is 0.730. The third-order valence-electron chi connectivity index (χ3n) is 1.92. The Morgan fingerprint density at radius 1 is 1.25 bits per heavy atom. The molecule has 0 fully saturated rings. The van der Waals surface area contributed by atoms with Crippen LogP contribution in [0.15, 0.2) is 0 Å². The summed E-state index contributed by atoms with van der Waals surface area (Å²) in [5.41, 5.74) is 0.244. The van der Waals surface area contributed by atoms with Crippen LogP contribution in [0.5, 0.6) is 0 Å². The largest absolute Gasteiger partial charge is 0.316 e. The fourth-order valence-electron chi connectivity index (χ4n) is 0.974. The normalized spacial score (nSPS) is 12.0. The van der Waals surface area contributed by atoms with Crippen molar-refractivity contribution in [2.75, 3.05) is 19.0 Å². The van der Waals surface area contributed by atoms with Crippen molar-refractivity contribution in [3.8, 4) is 0 Å². The van der Waals surface area contributed by atoms with Gasteiger partial charge in [0.1, 0.15) is 0 Å². The molecule has 0 aromatic carbocycles. The standard InChI is InChI=1S/C10H22ClN/c1-4-5-6-7-12-9-10(2,3)8-11/h12H,4-9H2,1-3H3. The third kappa shape index (κ3) is 6.93. The van der Waals surface area contributed by atoms with Gasteiger partial charge >= 0.3 is 0 Å². The number of hydrogen-bond acceptors (Lipinski definition) is 1. The maximum absolute atomic E-state index is 5.79. The van der Waals surface area contributed by atoms with Crippen molar-refractivity contribution in [3.63, 3.8) is 0 Å². The molecular formula is C10H22ClN. The van der Waals surface area contributed by atoms with Gasteiger partial charge in [0, 0.05) is 12.4 Å². The molecular weight excluding hydrogens is 170 g/mol. The van der Waals surface area contributed by atoms with E-state index in [-0.39, 0.29) is 5.41 Å². The van der Waals surface area contributed by atoms with E-state index in [1.54, 1.807) is 0 Å². The average molecular weight is 192 g/mol. The molecule has 0 aliphatic carbocycles. The minimum atomic E-state index is 0.244. The number of rotatable bonds is 7. The van der Waals surface area contributed by atoms with Gasteiger partial charge in [-0.25, -0.2) is 0 Å². The summed E-state index contributed by atoms with van der Waals surface area (Å²) in [7, 11) is 0. The molecule has 0 aromatic rings. The summed E-state index contributed by atoms with van der Waals surface area (Å²) >= 11 is 5.79. The molecule has 0 aliphatic heterocycles. The van der Waals surface area contributed by atoms with Gasteiger partial charge < -0.3 is 5.32 Å². The fraction of sp³-hybridized carbons (Fsp3) is 1.00. The Morgan fingerprint density at radius 2 is 1.92 bits per heavy atom. The lowest BCUT2D eigenvalue weighted by atomic mass is 9.96. The number of unbranched alkanes of at least 4 members (excludes halogenated alkanes) is 2. The fourth-order valence-corrected chi connectivity index (χ4v) is 1.07. The minimum absolute atomic E-state index is 0.244. The van der Waals surface area contributed by atoms with E-state index in [9.17, 15) is 0 Å². The minimum Gasteiger partial charge on any atom is -0.316 e. The zero-order valence-electron chi connectivity index (χ0n) is 8.62. The molecule has 0 bridgehead atoms. The van der Waals surface area contributed by atoms with Gasteiger partial charge in [-0.3, -0.25) is 0 Å². The SMILES string of the molecule is CCCCCNCC(C)(C)CCl.